The third kappa shape index (κ3) is 2.77. The molecule has 3 nitrogen and oxygen atoms in total. The number of hydrogen-bond acceptors (Lipinski definition) is 3. The number of ether oxygens (including phenoxy) is 1. The van der Waals surface area contributed by atoms with E-state index in [4.69, 9.17) is 4.74 Å². The minimum absolute atomic E-state index is 0.293. The maximum absolute atomic E-state index is 10.1. The molecule has 0 aromatic carbocycles. The summed E-state index contributed by atoms with van der Waals surface area (Å²) in [5.41, 5.74) is 0.680. The zero-order chi connectivity index (χ0) is 15.0. The van der Waals surface area contributed by atoms with Crippen molar-refractivity contribution in [1.29, 1.82) is 0 Å². The second-order valence-corrected chi connectivity index (χ2v) is 7.80. The van der Waals surface area contributed by atoms with Gasteiger partial charge in [-0.15, -0.1) is 0 Å². The van der Waals surface area contributed by atoms with Crippen LogP contribution in [-0.4, -0.2) is 36.5 Å². The number of hydrogen-bond donors (Lipinski definition) is 2. The van der Waals surface area contributed by atoms with Gasteiger partial charge in [-0.2, -0.15) is 0 Å². The highest BCUT2D eigenvalue weighted by Crippen LogP contribution is 2.66. The molecule has 2 rings (SSSR count). The average molecular weight is 283 g/mol. The van der Waals surface area contributed by atoms with Crippen molar-refractivity contribution in [2.45, 2.75) is 78.6 Å². The second kappa shape index (κ2) is 5.94. The first-order chi connectivity index (χ1) is 9.31. The van der Waals surface area contributed by atoms with Crippen LogP contribution in [0.4, 0.5) is 0 Å². The van der Waals surface area contributed by atoms with Crippen LogP contribution in [-0.2, 0) is 4.74 Å². The van der Waals surface area contributed by atoms with Gasteiger partial charge in [0.15, 0.2) is 0 Å². The van der Waals surface area contributed by atoms with Crippen molar-refractivity contribution in [3.8, 4) is 0 Å². The van der Waals surface area contributed by atoms with Crippen molar-refractivity contribution in [3.63, 3.8) is 0 Å². The Morgan fingerprint density at radius 3 is 2.55 bits per heavy atom. The molecule has 2 bridgehead atoms. The van der Waals surface area contributed by atoms with Crippen molar-refractivity contribution in [2.24, 2.45) is 16.7 Å². The summed E-state index contributed by atoms with van der Waals surface area (Å²) >= 11 is 0. The van der Waals surface area contributed by atoms with E-state index >= 15 is 0 Å². The molecule has 2 aliphatic carbocycles. The largest absolute Gasteiger partial charge is 0.389 e. The number of nitrogens with one attached hydrogen (secondary N) is 1. The Labute approximate surface area is 124 Å². The topological polar surface area (TPSA) is 41.5 Å². The highest BCUT2D eigenvalue weighted by atomic mass is 16.5. The first-order valence-corrected chi connectivity index (χ1v) is 8.34. The van der Waals surface area contributed by atoms with Crippen LogP contribution >= 0.6 is 0 Å². The summed E-state index contributed by atoms with van der Waals surface area (Å²) in [5.74, 6) is 0.799. The molecule has 0 saturated heterocycles. The van der Waals surface area contributed by atoms with Gasteiger partial charge in [-0.05, 0) is 49.4 Å². The molecular weight excluding hydrogens is 250 g/mol. The minimum Gasteiger partial charge on any atom is -0.389 e. The van der Waals surface area contributed by atoms with Crippen molar-refractivity contribution in [2.75, 3.05) is 13.2 Å². The molecule has 0 aromatic heterocycles. The molecule has 2 aliphatic rings. The lowest BCUT2D eigenvalue weighted by molar-refractivity contribution is -0.0744. The van der Waals surface area contributed by atoms with Crippen LogP contribution in [0.3, 0.4) is 0 Å². The zero-order valence-electron chi connectivity index (χ0n) is 13.9. The molecule has 0 spiro atoms. The number of aliphatic hydroxyl groups excluding tert-OH is 1. The van der Waals surface area contributed by atoms with Crippen LogP contribution in [0.2, 0.25) is 0 Å². The van der Waals surface area contributed by atoms with E-state index < -0.39 is 6.10 Å². The maximum Gasteiger partial charge on any atom is 0.0897 e. The molecule has 5 atom stereocenters. The molecule has 2 fully saturated rings. The summed E-state index contributed by atoms with van der Waals surface area (Å²) in [6.45, 7) is 12.6. The Morgan fingerprint density at radius 1 is 1.35 bits per heavy atom. The number of rotatable bonds is 7. The van der Waals surface area contributed by atoms with Crippen LogP contribution in [0, 0.1) is 16.7 Å². The monoisotopic (exact) mass is 283 g/mol. The van der Waals surface area contributed by atoms with Gasteiger partial charge in [0.25, 0.3) is 0 Å². The standard InChI is InChI=1S/C17H33NO2/c1-6-12(2)18-10-14(19)11-20-15-9-13-7-8-17(15,5)16(13,3)4/h12-15,18-19H,6-11H2,1-5H3. The summed E-state index contributed by atoms with van der Waals surface area (Å²) in [6.07, 6.45) is 4.82. The Morgan fingerprint density at radius 2 is 2.05 bits per heavy atom. The van der Waals surface area contributed by atoms with Gasteiger partial charge in [-0.1, -0.05) is 27.7 Å². The predicted octanol–water partition coefficient (Wildman–Crippen LogP) is 2.97. The third-order valence-corrected chi connectivity index (χ3v) is 6.52. The molecule has 20 heavy (non-hydrogen) atoms. The summed E-state index contributed by atoms with van der Waals surface area (Å²) in [5, 5.41) is 13.4. The van der Waals surface area contributed by atoms with Gasteiger partial charge in [0.05, 0.1) is 18.8 Å². The Hall–Kier alpha value is -0.120. The van der Waals surface area contributed by atoms with Gasteiger partial charge < -0.3 is 15.2 Å². The Balaban J connectivity index is 1.78. The first kappa shape index (κ1) is 16.3. The fourth-order valence-electron chi connectivity index (χ4n) is 4.15. The molecule has 2 N–H and O–H groups in total. The average Bonchev–Trinajstić information content (AvgIpc) is 2.75. The van der Waals surface area contributed by atoms with Crippen molar-refractivity contribution in [1.82, 2.24) is 5.32 Å². The lowest BCUT2D eigenvalue weighted by Crippen LogP contribution is -2.40. The van der Waals surface area contributed by atoms with E-state index in [2.05, 4.69) is 39.9 Å². The molecule has 3 heteroatoms. The molecular formula is C17H33NO2. The molecule has 0 radical (unpaired) electrons. The lowest BCUT2D eigenvalue weighted by atomic mass is 9.70. The van der Waals surface area contributed by atoms with E-state index in [0.29, 0.717) is 36.1 Å². The molecule has 0 aliphatic heterocycles. The highest BCUT2D eigenvalue weighted by Gasteiger charge is 2.61. The SMILES string of the molecule is CCC(C)NCC(O)COC1CC2CCC1(C)C2(C)C. The van der Waals surface area contributed by atoms with E-state index in [-0.39, 0.29) is 0 Å². The van der Waals surface area contributed by atoms with Crippen molar-refractivity contribution >= 4 is 0 Å². The molecule has 118 valence electrons. The quantitative estimate of drug-likeness (QED) is 0.755. The summed E-state index contributed by atoms with van der Waals surface area (Å²) in [4.78, 5) is 0. The summed E-state index contributed by atoms with van der Waals surface area (Å²) < 4.78 is 6.11. The second-order valence-electron chi connectivity index (χ2n) is 7.80. The van der Waals surface area contributed by atoms with Gasteiger partial charge in [-0.3, -0.25) is 0 Å². The van der Waals surface area contributed by atoms with Gasteiger partial charge in [0.2, 0.25) is 0 Å². The number of fused-ring (bicyclic) bond motifs is 2. The van der Waals surface area contributed by atoms with E-state index in [9.17, 15) is 5.11 Å². The summed E-state index contributed by atoms with van der Waals surface area (Å²) in [6, 6.07) is 0.462. The smallest absolute Gasteiger partial charge is 0.0897 e. The molecule has 2 saturated carbocycles. The van der Waals surface area contributed by atoms with E-state index in [1.165, 1.54) is 19.3 Å². The van der Waals surface area contributed by atoms with E-state index in [0.717, 1.165) is 12.3 Å². The van der Waals surface area contributed by atoms with Crippen LogP contribution < -0.4 is 5.32 Å². The molecule has 0 heterocycles. The maximum atomic E-state index is 10.1. The Bertz CT molecular complexity index is 331. The normalized spacial score (nSPS) is 38.1. The van der Waals surface area contributed by atoms with Crippen LogP contribution in [0.25, 0.3) is 0 Å². The van der Waals surface area contributed by atoms with Gasteiger partial charge in [-0.25, -0.2) is 0 Å². The molecule has 0 amide bonds. The lowest BCUT2D eigenvalue weighted by Gasteiger charge is -2.39. The van der Waals surface area contributed by atoms with E-state index in [1.54, 1.807) is 0 Å². The predicted molar refractivity (Wildman–Crippen MR) is 82.7 cm³/mol. The van der Waals surface area contributed by atoms with Gasteiger partial charge in [0.1, 0.15) is 0 Å². The Kier molecular flexibility index (Phi) is 4.83. The van der Waals surface area contributed by atoms with Crippen LogP contribution in [0.1, 0.15) is 60.3 Å². The zero-order valence-corrected chi connectivity index (χ0v) is 13.9. The fraction of sp³-hybridized carbons (Fsp3) is 1.00. The fourth-order valence-corrected chi connectivity index (χ4v) is 4.15. The summed E-state index contributed by atoms with van der Waals surface area (Å²) in [7, 11) is 0. The van der Waals surface area contributed by atoms with Crippen LogP contribution in [0.15, 0.2) is 0 Å². The van der Waals surface area contributed by atoms with Crippen molar-refractivity contribution < 1.29 is 9.84 Å². The van der Waals surface area contributed by atoms with Crippen molar-refractivity contribution in [3.05, 3.63) is 0 Å². The number of aliphatic hydroxyl groups is 1. The van der Waals surface area contributed by atoms with E-state index in [1.807, 2.05) is 0 Å². The van der Waals surface area contributed by atoms with Crippen LogP contribution in [0.5, 0.6) is 0 Å². The third-order valence-electron chi connectivity index (χ3n) is 6.52. The molecule has 0 aromatic rings. The van der Waals surface area contributed by atoms with Gasteiger partial charge >= 0.3 is 0 Å². The highest BCUT2D eigenvalue weighted by molar-refractivity contribution is 5.11. The first-order valence-electron chi connectivity index (χ1n) is 8.34. The van der Waals surface area contributed by atoms with Gasteiger partial charge in [0, 0.05) is 12.6 Å². The minimum atomic E-state index is -0.394. The molecule has 5 unspecified atom stereocenters.